The number of nitrogens with zero attached hydrogens (tertiary/aromatic N) is 1. The summed E-state index contributed by atoms with van der Waals surface area (Å²) in [6.07, 6.45) is 1.58. The lowest BCUT2D eigenvalue weighted by Crippen LogP contribution is -2.13. The van der Waals surface area contributed by atoms with Crippen molar-refractivity contribution in [2.24, 2.45) is 0 Å². The van der Waals surface area contributed by atoms with Crippen molar-refractivity contribution in [3.8, 4) is 0 Å². The van der Waals surface area contributed by atoms with E-state index in [2.05, 4.69) is 31.4 Å². The molecule has 1 heterocycles. The van der Waals surface area contributed by atoms with Gasteiger partial charge in [0.1, 0.15) is 5.82 Å². The van der Waals surface area contributed by atoms with Gasteiger partial charge in [-0.2, -0.15) is 5.10 Å². The summed E-state index contributed by atoms with van der Waals surface area (Å²) in [7, 11) is 0. The second-order valence-corrected chi connectivity index (χ2v) is 4.15. The molecule has 0 unspecified atom stereocenters. The van der Waals surface area contributed by atoms with Gasteiger partial charge in [-0.1, -0.05) is 12.1 Å². The van der Waals surface area contributed by atoms with Crippen LogP contribution in [0.1, 0.15) is 15.9 Å². The molecule has 2 aromatic rings. The van der Waals surface area contributed by atoms with Crippen molar-refractivity contribution in [3.63, 3.8) is 0 Å². The SMILES string of the molecule is Cc1cccc(C(=O)Nc2ccn[nH]2)c1Br. The van der Waals surface area contributed by atoms with Gasteiger partial charge in [0.2, 0.25) is 0 Å². The van der Waals surface area contributed by atoms with E-state index < -0.39 is 0 Å². The molecule has 0 fully saturated rings. The van der Waals surface area contributed by atoms with Crippen molar-refractivity contribution in [2.75, 3.05) is 5.32 Å². The van der Waals surface area contributed by atoms with Crippen LogP contribution in [0.5, 0.6) is 0 Å². The van der Waals surface area contributed by atoms with Gasteiger partial charge in [-0.25, -0.2) is 0 Å². The van der Waals surface area contributed by atoms with E-state index in [1.54, 1.807) is 18.3 Å². The topological polar surface area (TPSA) is 57.8 Å². The Balaban J connectivity index is 2.24. The first-order chi connectivity index (χ1) is 7.68. The Bertz CT molecular complexity index is 508. The summed E-state index contributed by atoms with van der Waals surface area (Å²) in [4.78, 5) is 11.9. The van der Waals surface area contributed by atoms with Crippen molar-refractivity contribution in [1.82, 2.24) is 10.2 Å². The van der Waals surface area contributed by atoms with Gasteiger partial charge >= 0.3 is 0 Å². The minimum Gasteiger partial charge on any atom is -0.307 e. The molecule has 4 nitrogen and oxygen atoms in total. The standard InChI is InChI=1S/C11H10BrN3O/c1-7-3-2-4-8(10(7)12)11(16)14-9-5-6-13-15-9/h2-6H,1H3,(H2,13,14,15,16). The Kier molecular flexibility index (Phi) is 3.05. The average molecular weight is 280 g/mol. The highest BCUT2D eigenvalue weighted by Gasteiger charge is 2.11. The minimum atomic E-state index is -0.167. The van der Waals surface area contributed by atoms with Gasteiger partial charge < -0.3 is 5.32 Å². The summed E-state index contributed by atoms with van der Waals surface area (Å²) in [6.45, 7) is 1.94. The van der Waals surface area contributed by atoms with Crippen LogP contribution in [0.15, 0.2) is 34.9 Å². The van der Waals surface area contributed by atoms with Crippen LogP contribution in [0.4, 0.5) is 5.82 Å². The predicted octanol–water partition coefficient (Wildman–Crippen LogP) is 2.73. The molecular weight excluding hydrogens is 270 g/mol. The predicted molar refractivity (Wildman–Crippen MR) is 65.4 cm³/mol. The number of nitrogens with one attached hydrogen (secondary N) is 2. The average Bonchev–Trinajstić information content (AvgIpc) is 2.74. The van der Waals surface area contributed by atoms with Crippen LogP contribution in [-0.2, 0) is 0 Å². The second kappa shape index (κ2) is 4.49. The Hall–Kier alpha value is -1.62. The number of aromatic nitrogens is 2. The number of benzene rings is 1. The molecule has 0 radical (unpaired) electrons. The number of aromatic amines is 1. The summed E-state index contributed by atoms with van der Waals surface area (Å²) in [5, 5.41) is 9.15. The van der Waals surface area contributed by atoms with Gasteiger partial charge in [-0.15, -0.1) is 0 Å². The Morgan fingerprint density at radius 1 is 1.44 bits per heavy atom. The molecule has 0 aliphatic rings. The molecular formula is C11H10BrN3O. The zero-order chi connectivity index (χ0) is 11.5. The monoisotopic (exact) mass is 279 g/mol. The highest BCUT2D eigenvalue weighted by molar-refractivity contribution is 9.10. The number of carbonyl (C=O) groups is 1. The van der Waals surface area contributed by atoms with E-state index in [1.807, 2.05) is 19.1 Å². The lowest BCUT2D eigenvalue weighted by molar-refractivity contribution is 0.102. The zero-order valence-electron chi connectivity index (χ0n) is 8.62. The van der Waals surface area contributed by atoms with Gasteiger partial charge in [-0.3, -0.25) is 9.89 Å². The number of aryl methyl sites for hydroxylation is 1. The van der Waals surface area contributed by atoms with E-state index >= 15 is 0 Å². The maximum absolute atomic E-state index is 11.9. The molecule has 0 saturated heterocycles. The van der Waals surface area contributed by atoms with Crippen LogP contribution in [0.3, 0.4) is 0 Å². The second-order valence-electron chi connectivity index (χ2n) is 3.36. The van der Waals surface area contributed by atoms with Gasteiger partial charge in [0.15, 0.2) is 0 Å². The molecule has 82 valence electrons. The first-order valence-corrected chi connectivity index (χ1v) is 5.53. The fourth-order valence-electron chi connectivity index (χ4n) is 1.34. The normalized spacial score (nSPS) is 10.1. The van der Waals surface area contributed by atoms with Crippen molar-refractivity contribution in [1.29, 1.82) is 0 Å². The summed E-state index contributed by atoms with van der Waals surface area (Å²) >= 11 is 3.40. The van der Waals surface area contributed by atoms with E-state index in [4.69, 9.17) is 0 Å². The quantitative estimate of drug-likeness (QED) is 0.888. The van der Waals surface area contributed by atoms with Crippen LogP contribution in [-0.4, -0.2) is 16.1 Å². The number of hydrogen-bond donors (Lipinski definition) is 2. The number of amides is 1. The Morgan fingerprint density at radius 2 is 2.25 bits per heavy atom. The third kappa shape index (κ3) is 2.14. The molecule has 1 amide bonds. The van der Waals surface area contributed by atoms with E-state index in [0.717, 1.165) is 10.0 Å². The number of carbonyl (C=O) groups excluding carboxylic acids is 1. The van der Waals surface area contributed by atoms with Gasteiger partial charge in [-0.05, 0) is 34.5 Å². The van der Waals surface area contributed by atoms with Gasteiger partial charge in [0, 0.05) is 10.5 Å². The van der Waals surface area contributed by atoms with Crippen LogP contribution in [0.25, 0.3) is 0 Å². The number of hydrogen-bond acceptors (Lipinski definition) is 2. The first kappa shape index (κ1) is 10.9. The highest BCUT2D eigenvalue weighted by Crippen LogP contribution is 2.21. The summed E-state index contributed by atoms with van der Waals surface area (Å²) in [5.41, 5.74) is 1.63. The summed E-state index contributed by atoms with van der Waals surface area (Å²) in [5.74, 6) is 0.415. The molecule has 0 saturated carbocycles. The molecule has 2 N–H and O–H groups in total. The zero-order valence-corrected chi connectivity index (χ0v) is 10.2. The van der Waals surface area contributed by atoms with E-state index in [9.17, 15) is 4.79 Å². The molecule has 2 rings (SSSR count). The number of halogens is 1. The maximum Gasteiger partial charge on any atom is 0.257 e. The fraction of sp³-hybridized carbons (Fsp3) is 0.0909. The molecule has 1 aromatic heterocycles. The minimum absolute atomic E-state index is 0.167. The van der Waals surface area contributed by atoms with E-state index in [1.165, 1.54) is 0 Å². The lowest BCUT2D eigenvalue weighted by Gasteiger charge is -2.06. The molecule has 0 aliphatic carbocycles. The molecule has 0 aliphatic heterocycles. The molecule has 0 spiro atoms. The van der Waals surface area contributed by atoms with Crippen LogP contribution < -0.4 is 5.32 Å². The Labute approximate surface area is 101 Å². The smallest absolute Gasteiger partial charge is 0.257 e. The number of rotatable bonds is 2. The fourth-order valence-corrected chi connectivity index (χ4v) is 1.78. The third-order valence-electron chi connectivity index (χ3n) is 2.19. The van der Waals surface area contributed by atoms with Crippen LogP contribution in [0.2, 0.25) is 0 Å². The molecule has 5 heteroatoms. The van der Waals surface area contributed by atoms with Crippen molar-refractivity contribution < 1.29 is 4.79 Å². The number of anilines is 1. The largest absolute Gasteiger partial charge is 0.307 e. The highest BCUT2D eigenvalue weighted by atomic mass is 79.9. The molecule has 1 aromatic carbocycles. The number of H-pyrrole nitrogens is 1. The first-order valence-electron chi connectivity index (χ1n) is 4.74. The maximum atomic E-state index is 11.9. The molecule has 0 bridgehead atoms. The van der Waals surface area contributed by atoms with Crippen molar-refractivity contribution in [3.05, 3.63) is 46.1 Å². The molecule has 0 atom stereocenters. The summed E-state index contributed by atoms with van der Waals surface area (Å²) in [6, 6.07) is 7.25. The van der Waals surface area contributed by atoms with Crippen LogP contribution in [0, 0.1) is 6.92 Å². The Morgan fingerprint density at radius 3 is 2.94 bits per heavy atom. The van der Waals surface area contributed by atoms with Gasteiger partial charge in [0.05, 0.1) is 11.8 Å². The molecule has 16 heavy (non-hydrogen) atoms. The summed E-state index contributed by atoms with van der Waals surface area (Å²) < 4.78 is 0.812. The van der Waals surface area contributed by atoms with Gasteiger partial charge in [0.25, 0.3) is 5.91 Å². The lowest BCUT2D eigenvalue weighted by atomic mass is 10.1. The van der Waals surface area contributed by atoms with E-state index in [-0.39, 0.29) is 5.91 Å². The van der Waals surface area contributed by atoms with E-state index in [0.29, 0.717) is 11.4 Å². The third-order valence-corrected chi connectivity index (χ3v) is 3.24. The van der Waals surface area contributed by atoms with Crippen molar-refractivity contribution in [2.45, 2.75) is 6.92 Å². The van der Waals surface area contributed by atoms with Crippen molar-refractivity contribution >= 4 is 27.7 Å². The van der Waals surface area contributed by atoms with Crippen LogP contribution >= 0.6 is 15.9 Å².